The molecule has 0 amide bonds. The molecule has 0 aliphatic rings. The number of hydrogen-bond donors (Lipinski definition) is 0. The van der Waals surface area contributed by atoms with Gasteiger partial charge in [-0.15, -0.1) is 0 Å². The van der Waals surface area contributed by atoms with Crippen LogP contribution in [-0.2, 0) is 4.74 Å². The van der Waals surface area contributed by atoms with Crippen molar-refractivity contribution in [2.24, 2.45) is 0 Å². The SMILES string of the molecule is CO[CH2][Sb]. The molecule has 0 bridgehead atoms. The molecule has 0 saturated carbocycles. The molecular weight excluding hydrogens is 162 g/mol. The van der Waals surface area contributed by atoms with E-state index < -0.39 is 0 Å². The molecule has 0 spiro atoms. The van der Waals surface area contributed by atoms with Crippen molar-refractivity contribution in [3.8, 4) is 0 Å². The molecule has 0 aliphatic heterocycles. The molecule has 0 atom stereocenters. The van der Waals surface area contributed by atoms with Gasteiger partial charge < -0.3 is 0 Å². The second kappa shape index (κ2) is 3.78. The summed E-state index contributed by atoms with van der Waals surface area (Å²) in [5, 5.41) is 0. The summed E-state index contributed by atoms with van der Waals surface area (Å²) in [7, 11) is 1.69. The van der Waals surface area contributed by atoms with Gasteiger partial charge in [0, 0.05) is 0 Å². The first kappa shape index (κ1) is 4.78. The van der Waals surface area contributed by atoms with Crippen LogP contribution in [0.25, 0.3) is 0 Å². The Bertz CT molecular complexity index is 8.00. The van der Waals surface area contributed by atoms with Gasteiger partial charge in [-0.2, -0.15) is 0 Å². The van der Waals surface area contributed by atoms with Crippen LogP contribution < -0.4 is 0 Å². The Balaban J connectivity index is 1.97. The third-order valence-corrected chi connectivity index (χ3v) is 0.866. The van der Waals surface area contributed by atoms with Crippen molar-refractivity contribution in [3.63, 3.8) is 0 Å². The summed E-state index contributed by atoms with van der Waals surface area (Å²) in [5.41, 5.74) is 0. The van der Waals surface area contributed by atoms with Gasteiger partial charge in [0.05, 0.1) is 0 Å². The van der Waals surface area contributed by atoms with Crippen molar-refractivity contribution < 1.29 is 4.74 Å². The molecule has 0 saturated heterocycles. The van der Waals surface area contributed by atoms with E-state index in [-0.39, 0.29) is 0 Å². The summed E-state index contributed by atoms with van der Waals surface area (Å²) >= 11 is 1.67. The zero-order valence-electron chi connectivity index (χ0n) is 2.56. The van der Waals surface area contributed by atoms with Crippen LogP contribution in [0.15, 0.2) is 0 Å². The molecule has 1 nitrogen and oxygen atoms in total. The van der Waals surface area contributed by atoms with Gasteiger partial charge in [-0.05, 0) is 0 Å². The first-order chi connectivity index (χ1) is 1.91. The molecule has 0 N–H and O–H groups in total. The first-order valence-electron chi connectivity index (χ1n) is 1.01. The maximum absolute atomic E-state index is 4.56. The third-order valence-electron chi connectivity index (χ3n) is 0.129. The molecule has 24 valence electrons. The second-order valence-corrected chi connectivity index (χ2v) is 1.15. The molecule has 0 fully saturated rings. The van der Waals surface area contributed by atoms with E-state index in [1.165, 1.54) is 0 Å². The molecule has 4 heavy (non-hydrogen) atoms. The molecule has 0 aromatic carbocycles. The standard InChI is InChI=1S/C2H5O.Sb/c1-3-2;/h1H2,2H3;. The Morgan fingerprint density at radius 1 is 2.00 bits per heavy atom. The summed E-state index contributed by atoms with van der Waals surface area (Å²) in [6.07, 6.45) is 0. The number of rotatable bonds is 1. The van der Waals surface area contributed by atoms with Gasteiger partial charge in [-0.3, -0.25) is 0 Å². The average Bonchev–Trinajstić information content (AvgIpc) is 1.37. The third kappa shape index (κ3) is 2.78. The van der Waals surface area contributed by atoms with Crippen molar-refractivity contribution in [3.05, 3.63) is 0 Å². The van der Waals surface area contributed by atoms with E-state index in [0.717, 1.165) is 4.55 Å². The van der Waals surface area contributed by atoms with Gasteiger partial charge in [-0.1, -0.05) is 0 Å². The van der Waals surface area contributed by atoms with Crippen LogP contribution in [0.3, 0.4) is 0 Å². The summed E-state index contributed by atoms with van der Waals surface area (Å²) in [6, 6.07) is 0. The van der Waals surface area contributed by atoms with Crippen LogP contribution in [0.2, 0.25) is 0 Å². The minimum absolute atomic E-state index is 0.869. The van der Waals surface area contributed by atoms with E-state index in [2.05, 4.69) is 4.74 Å². The number of methoxy groups -OCH3 is 1. The van der Waals surface area contributed by atoms with Crippen LogP contribution in [0, 0.1) is 0 Å². The molecule has 0 rings (SSSR count). The molecule has 0 aliphatic carbocycles. The molecule has 2 radical (unpaired) electrons. The monoisotopic (exact) mass is 166 g/mol. The average molecular weight is 167 g/mol. The maximum atomic E-state index is 4.56. The normalized spacial score (nSPS) is 7.50. The van der Waals surface area contributed by atoms with Crippen molar-refractivity contribution >= 4 is 23.0 Å². The van der Waals surface area contributed by atoms with E-state index in [1.807, 2.05) is 0 Å². The van der Waals surface area contributed by atoms with Crippen molar-refractivity contribution in [2.75, 3.05) is 11.7 Å². The van der Waals surface area contributed by atoms with E-state index in [4.69, 9.17) is 0 Å². The van der Waals surface area contributed by atoms with Gasteiger partial charge in [0.2, 0.25) is 0 Å². The predicted molar refractivity (Wildman–Crippen MR) is 17.6 cm³/mol. The van der Waals surface area contributed by atoms with Crippen LogP contribution in [0.4, 0.5) is 0 Å². The first-order valence-corrected chi connectivity index (χ1v) is 2.82. The Morgan fingerprint density at radius 3 is 2.25 bits per heavy atom. The molecule has 2 heteroatoms. The van der Waals surface area contributed by atoms with E-state index >= 15 is 0 Å². The molecule has 0 heterocycles. The minimum atomic E-state index is 0.869. The number of ether oxygens (including phenoxy) is 1. The van der Waals surface area contributed by atoms with Crippen LogP contribution >= 0.6 is 0 Å². The molecule has 0 aromatic rings. The van der Waals surface area contributed by atoms with Crippen molar-refractivity contribution in [2.45, 2.75) is 0 Å². The fraction of sp³-hybridized carbons (Fsp3) is 1.00. The van der Waals surface area contributed by atoms with Crippen molar-refractivity contribution in [1.82, 2.24) is 0 Å². The summed E-state index contributed by atoms with van der Waals surface area (Å²) in [5.74, 6) is 0. The Hall–Kier alpha value is 0.778. The van der Waals surface area contributed by atoms with Crippen LogP contribution in [-0.4, -0.2) is 34.7 Å². The Labute approximate surface area is 39.8 Å². The van der Waals surface area contributed by atoms with Crippen molar-refractivity contribution in [1.29, 1.82) is 0 Å². The van der Waals surface area contributed by atoms with Crippen LogP contribution in [0.5, 0.6) is 0 Å². The predicted octanol–water partition coefficient (Wildman–Crippen LogP) is -0.241. The van der Waals surface area contributed by atoms with E-state index in [1.54, 1.807) is 30.1 Å². The Kier molecular flexibility index (Phi) is 4.51. The fourth-order valence-corrected chi connectivity index (χ4v) is 0. The van der Waals surface area contributed by atoms with Gasteiger partial charge in [-0.25, -0.2) is 0 Å². The zero-order chi connectivity index (χ0) is 3.41. The molecular formula is C2H5OSb. The topological polar surface area (TPSA) is 9.23 Å². The van der Waals surface area contributed by atoms with E-state index in [0.29, 0.717) is 0 Å². The van der Waals surface area contributed by atoms with Gasteiger partial charge >= 0.3 is 39.4 Å². The molecule has 0 aromatic heterocycles. The summed E-state index contributed by atoms with van der Waals surface area (Å²) in [4.78, 5) is 0. The van der Waals surface area contributed by atoms with E-state index in [9.17, 15) is 0 Å². The Morgan fingerprint density at radius 2 is 2.25 bits per heavy atom. The van der Waals surface area contributed by atoms with Gasteiger partial charge in [0.25, 0.3) is 0 Å². The zero-order valence-corrected chi connectivity index (χ0v) is 5.12. The second-order valence-electron chi connectivity index (χ2n) is 0.418. The molecule has 0 unspecified atom stereocenters. The summed E-state index contributed by atoms with van der Waals surface area (Å²) in [6.45, 7) is 0. The summed E-state index contributed by atoms with van der Waals surface area (Å²) < 4.78 is 5.43. The fourth-order valence-electron chi connectivity index (χ4n) is 0. The quantitative estimate of drug-likeness (QED) is 0.489. The number of hydrogen-bond acceptors (Lipinski definition) is 1. The van der Waals surface area contributed by atoms with Gasteiger partial charge in [0.15, 0.2) is 0 Å². The van der Waals surface area contributed by atoms with Crippen LogP contribution in [0.1, 0.15) is 0 Å². The van der Waals surface area contributed by atoms with Gasteiger partial charge in [0.1, 0.15) is 0 Å².